The number of nitrogens with one attached hydrogen (secondary N) is 2. The first-order valence-electron chi connectivity index (χ1n) is 8.03. The maximum absolute atomic E-state index is 12.6. The third kappa shape index (κ3) is 5.00. The van der Waals surface area contributed by atoms with Gasteiger partial charge in [-0.15, -0.1) is 0 Å². The number of anilines is 1. The van der Waals surface area contributed by atoms with Crippen molar-refractivity contribution in [2.75, 3.05) is 19.5 Å². The Bertz CT molecular complexity index is 993. The van der Waals surface area contributed by atoms with Gasteiger partial charge in [-0.1, -0.05) is 23.7 Å². The number of hydrogen-bond acceptors (Lipinski definition) is 6. The number of hydrogen-bond donors (Lipinski definition) is 2. The zero-order valence-corrected chi connectivity index (χ0v) is 16.9. The number of methoxy groups -OCH3 is 2. The molecule has 8 nitrogen and oxygen atoms in total. The Kier molecular flexibility index (Phi) is 7.00. The Morgan fingerprint density at radius 2 is 1.79 bits per heavy atom. The molecule has 2 rings (SSSR count). The molecule has 2 N–H and O–H groups in total. The minimum Gasteiger partial charge on any atom is -0.495 e. The Hall–Kier alpha value is -2.62. The molecule has 0 aromatic heterocycles. The fourth-order valence-corrected chi connectivity index (χ4v) is 3.97. The van der Waals surface area contributed by atoms with Crippen LogP contribution >= 0.6 is 11.6 Å². The highest BCUT2D eigenvalue weighted by Gasteiger charge is 2.26. The number of esters is 1. The Balaban J connectivity index is 2.21. The van der Waals surface area contributed by atoms with Gasteiger partial charge in [0.25, 0.3) is 0 Å². The number of amides is 1. The summed E-state index contributed by atoms with van der Waals surface area (Å²) < 4.78 is 37.3. The van der Waals surface area contributed by atoms with Crippen LogP contribution in [0.4, 0.5) is 5.69 Å². The Labute approximate surface area is 167 Å². The van der Waals surface area contributed by atoms with Gasteiger partial charge in [0.05, 0.1) is 31.5 Å². The summed E-state index contributed by atoms with van der Waals surface area (Å²) in [6.07, 6.45) is 0. The van der Waals surface area contributed by atoms with Crippen molar-refractivity contribution in [3.63, 3.8) is 0 Å². The van der Waals surface area contributed by atoms with Crippen molar-refractivity contribution in [1.82, 2.24) is 4.72 Å². The number of ether oxygens (including phenoxy) is 2. The van der Waals surface area contributed by atoms with Crippen LogP contribution in [0.25, 0.3) is 0 Å². The topological polar surface area (TPSA) is 111 Å². The molecule has 1 atom stereocenters. The standard InChI is InChI=1S/C18H19ClN2O6S/c1-11(17(22)20-14-7-5-4-6-13(14)18(23)27-3)21-28(24,25)16-10-12(19)8-9-15(16)26-2/h4-11,21H,1-3H3,(H,20,22)/t11-/m1/s1. The van der Waals surface area contributed by atoms with Gasteiger partial charge < -0.3 is 14.8 Å². The number of halogens is 1. The largest absolute Gasteiger partial charge is 0.495 e. The van der Waals surface area contributed by atoms with Crippen LogP contribution in [-0.2, 0) is 19.6 Å². The molecular formula is C18H19ClN2O6S. The van der Waals surface area contributed by atoms with E-state index in [1.54, 1.807) is 12.1 Å². The molecule has 0 spiro atoms. The number of carbonyl (C=O) groups is 2. The second kappa shape index (κ2) is 9.05. The van der Waals surface area contributed by atoms with Crippen molar-refractivity contribution in [3.8, 4) is 5.75 Å². The van der Waals surface area contributed by atoms with E-state index in [1.165, 1.54) is 51.5 Å². The van der Waals surface area contributed by atoms with Gasteiger partial charge in [0.1, 0.15) is 10.6 Å². The third-order valence-electron chi connectivity index (χ3n) is 3.73. The molecule has 0 aliphatic rings. The van der Waals surface area contributed by atoms with Crippen LogP contribution in [0.5, 0.6) is 5.75 Å². The molecule has 0 saturated carbocycles. The highest BCUT2D eigenvalue weighted by Crippen LogP contribution is 2.27. The van der Waals surface area contributed by atoms with Gasteiger partial charge in [0, 0.05) is 5.02 Å². The summed E-state index contributed by atoms with van der Waals surface area (Å²) in [5.74, 6) is -1.21. The number of rotatable bonds is 7. The Morgan fingerprint density at radius 1 is 1.11 bits per heavy atom. The van der Waals surface area contributed by atoms with E-state index >= 15 is 0 Å². The summed E-state index contributed by atoms with van der Waals surface area (Å²) in [5, 5.41) is 2.71. The molecule has 0 unspecified atom stereocenters. The summed E-state index contributed by atoms with van der Waals surface area (Å²) in [6, 6.07) is 9.18. The third-order valence-corrected chi connectivity index (χ3v) is 5.53. The lowest BCUT2D eigenvalue weighted by Crippen LogP contribution is -2.41. The predicted octanol–water partition coefficient (Wildman–Crippen LogP) is 2.44. The van der Waals surface area contributed by atoms with E-state index in [0.717, 1.165) is 0 Å². The molecule has 0 heterocycles. The van der Waals surface area contributed by atoms with E-state index in [4.69, 9.17) is 16.3 Å². The SMILES string of the molecule is COC(=O)c1ccccc1NC(=O)[C@@H](C)NS(=O)(=O)c1cc(Cl)ccc1OC. The first-order valence-corrected chi connectivity index (χ1v) is 9.89. The van der Waals surface area contributed by atoms with E-state index in [-0.39, 0.29) is 26.9 Å². The molecular weight excluding hydrogens is 408 g/mol. The van der Waals surface area contributed by atoms with E-state index < -0.39 is 27.9 Å². The predicted molar refractivity (Wildman–Crippen MR) is 104 cm³/mol. The first kappa shape index (κ1) is 21.7. The maximum Gasteiger partial charge on any atom is 0.339 e. The van der Waals surface area contributed by atoms with Gasteiger partial charge in [-0.2, -0.15) is 4.72 Å². The lowest BCUT2D eigenvalue weighted by molar-refractivity contribution is -0.117. The molecule has 2 aromatic rings. The second-order valence-corrected chi connectivity index (χ2v) is 7.78. The van der Waals surface area contributed by atoms with Crippen molar-refractivity contribution in [1.29, 1.82) is 0 Å². The molecule has 150 valence electrons. The van der Waals surface area contributed by atoms with Gasteiger partial charge in [0.2, 0.25) is 15.9 Å². The van der Waals surface area contributed by atoms with Crippen molar-refractivity contribution >= 4 is 39.2 Å². The van der Waals surface area contributed by atoms with Gasteiger partial charge >= 0.3 is 5.97 Å². The highest BCUT2D eigenvalue weighted by atomic mass is 35.5. The molecule has 0 saturated heterocycles. The quantitative estimate of drug-likeness (QED) is 0.658. The minimum absolute atomic E-state index is 0.0838. The smallest absolute Gasteiger partial charge is 0.339 e. The van der Waals surface area contributed by atoms with Gasteiger partial charge in [0.15, 0.2) is 0 Å². The summed E-state index contributed by atoms with van der Waals surface area (Å²) in [4.78, 5) is 24.1. The average Bonchev–Trinajstić information content (AvgIpc) is 2.67. The van der Waals surface area contributed by atoms with Crippen LogP contribution < -0.4 is 14.8 Å². The van der Waals surface area contributed by atoms with Gasteiger partial charge in [-0.3, -0.25) is 4.79 Å². The Morgan fingerprint density at radius 3 is 2.43 bits per heavy atom. The normalized spacial score (nSPS) is 12.1. The molecule has 0 aliphatic carbocycles. The molecule has 0 fully saturated rings. The monoisotopic (exact) mass is 426 g/mol. The fourth-order valence-electron chi connectivity index (χ4n) is 2.33. The second-order valence-electron chi connectivity index (χ2n) is 5.66. The molecule has 0 aliphatic heterocycles. The van der Waals surface area contributed by atoms with Crippen molar-refractivity contribution < 1.29 is 27.5 Å². The average molecular weight is 427 g/mol. The van der Waals surface area contributed by atoms with Crippen molar-refractivity contribution in [3.05, 3.63) is 53.1 Å². The van der Waals surface area contributed by atoms with E-state index in [1.807, 2.05) is 0 Å². The number of benzene rings is 2. The zero-order chi connectivity index (χ0) is 20.9. The summed E-state index contributed by atoms with van der Waals surface area (Å²) in [6.45, 7) is 1.37. The first-order chi connectivity index (χ1) is 13.2. The zero-order valence-electron chi connectivity index (χ0n) is 15.4. The molecule has 10 heteroatoms. The number of carbonyl (C=O) groups excluding carboxylic acids is 2. The molecule has 28 heavy (non-hydrogen) atoms. The van der Waals surface area contributed by atoms with Crippen LogP contribution in [0, 0.1) is 0 Å². The van der Waals surface area contributed by atoms with Gasteiger partial charge in [-0.25, -0.2) is 13.2 Å². The molecule has 0 bridgehead atoms. The van der Waals surface area contributed by atoms with Crippen LogP contribution in [0.1, 0.15) is 17.3 Å². The maximum atomic E-state index is 12.6. The van der Waals surface area contributed by atoms with Crippen LogP contribution in [0.3, 0.4) is 0 Å². The van der Waals surface area contributed by atoms with E-state index in [9.17, 15) is 18.0 Å². The molecule has 2 aromatic carbocycles. The van der Waals surface area contributed by atoms with Crippen molar-refractivity contribution in [2.45, 2.75) is 17.9 Å². The molecule has 1 amide bonds. The van der Waals surface area contributed by atoms with E-state index in [0.29, 0.717) is 0 Å². The van der Waals surface area contributed by atoms with E-state index in [2.05, 4.69) is 14.8 Å². The summed E-state index contributed by atoms with van der Waals surface area (Å²) >= 11 is 5.88. The summed E-state index contributed by atoms with van der Waals surface area (Å²) in [5.41, 5.74) is 0.343. The van der Waals surface area contributed by atoms with Crippen LogP contribution in [0.15, 0.2) is 47.4 Å². The van der Waals surface area contributed by atoms with Crippen LogP contribution in [0.2, 0.25) is 5.02 Å². The lowest BCUT2D eigenvalue weighted by atomic mass is 10.1. The number of para-hydroxylation sites is 1. The highest BCUT2D eigenvalue weighted by molar-refractivity contribution is 7.89. The van der Waals surface area contributed by atoms with Crippen LogP contribution in [-0.4, -0.2) is 40.6 Å². The fraction of sp³-hybridized carbons (Fsp3) is 0.222. The minimum atomic E-state index is -4.11. The summed E-state index contributed by atoms with van der Waals surface area (Å²) in [7, 11) is -1.57. The molecule has 0 radical (unpaired) electrons. The van der Waals surface area contributed by atoms with Crippen molar-refractivity contribution in [2.24, 2.45) is 0 Å². The van der Waals surface area contributed by atoms with Gasteiger partial charge in [-0.05, 0) is 37.3 Å². The number of sulfonamides is 1. The lowest BCUT2D eigenvalue weighted by Gasteiger charge is -2.17.